The lowest BCUT2D eigenvalue weighted by Crippen LogP contribution is -2.48. The number of nitriles is 1. The van der Waals surface area contributed by atoms with Crippen LogP contribution in [-0.4, -0.2) is 55.2 Å². The molecule has 0 aliphatic carbocycles. The molecule has 1 aromatic carbocycles. The van der Waals surface area contributed by atoms with Crippen molar-refractivity contribution in [3.8, 4) is 6.07 Å². The molecule has 1 atom stereocenters. The average molecular weight is 374 g/mol. The molecular weight excluding hydrogens is 350 g/mol. The molecule has 2 amide bonds. The molecule has 0 N–H and O–H groups in total. The van der Waals surface area contributed by atoms with Crippen LogP contribution < -0.4 is 0 Å². The second-order valence-electron chi connectivity index (χ2n) is 6.81. The molecule has 1 unspecified atom stereocenters. The number of benzene rings is 1. The Kier molecular flexibility index (Phi) is 6.18. The second kappa shape index (κ2) is 8.57. The first kappa shape index (κ1) is 18.8. The van der Waals surface area contributed by atoms with Gasteiger partial charge in [-0.25, -0.2) is 4.79 Å². The molecule has 0 spiro atoms. The lowest BCUT2D eigenvalue weighted by atomic mass is 9.94. The zero-order valence-electron chi connectivity index (χ0n) is 15.1. The van der Waals surface area contributed by atoms with Crippen molar-refractivity contribution in [3.63, 3.8) is 0 Å². The second-order valence-corrected chi connectivity index (χ2v) is 7.25. The third-order valence-electron chi connectivity index (χ3n) is 5.22. The lowest BCUT2D eigenvalue weighted by molar-refractivity contribution is 0.103. The Bertz CT molecular complexity index is 714. The first-order valence-corrected chi connectivity index (χ1v) is 9.44. The largest absolute Gasteiger partial charge is 0.383 e. The van der Waals surface area contributed by atoms with Crippen LogP contribution in [0, 0.1) is 11.3 Å². The molecule has 2 aliphatic heterocycles. The summed E-state index contributed by atoms with van der Waals surface area (Å²) >= 11 is 5.94. The summed E-state index contributed by atoms with van der Waals surface area (Å²) in [5.41, 5.74) is 2.73. The highest BCUT2D eigenvalue weighted by Gasteiger charge is 2.32. The number of methoxy groups -OCH3 is 1. The fourth-order valence-electron chi connectivity index (χ4n) is 3.82. The minimum Gasteiger partial charge on any atom is -0.383 e. The summed E-state index contributed by atoms with van der Waals surface area (Å²) in [5.74, 6) is 0. The lowest BCUT2D eigenvalue weighted by Gasteiger charge is -2.34. The van der Waals surface area contributed by atoms with E-state index in [0.29, 0.717) is 30.3 Å². The van der Waals surface area contributed by atoms with E-state index in [-0.39, 0.29) is 12.1 Å². The van der Waals surface area contributed by atoms with E-state index in [0.717, 1.165) is 43.4 Å². The van der Waals surface area contributed by atoms with E-state index in [4.69, 9.17) is 16.3 Å². The Morgan fingerprint density at radius 1 is 1.27 bits per heavy atom. The summed E-state index contributed by atoms with van der Waals surface area (Å²) in [7, 11) is 1.68. The van der Waals surface area contributed by atoms with E-state index in [1.807, 2.05) is 21.9 Å². The van der Waals surface area contributed by atoms with Crippen LogP contribution in [0.15, 0.2) is 29.8 Å². The van der Waals surface area contributed by atoms with Gasteiger partial charge in [0.2, 0.25) is 0 Å². The zero-order chi connectivity index (χ0) is 18.5. The van der Waals surface area contributed by atoms with Crippen LogP contribution in [0.3, 0.4) is 0 Å². The number of ether oxygens (including phenoxy) is 1. The van der Waals surface area contributed by atoms with Crippen molar-refractivity contribution < 1.29 is 9.53 Å². The Labute approximate surface area is 159 Å². The van der Waals surface area contributed by atoms with Gasteiger partial charge in [-0.1, -0.05) is 23.7 Å². The van der Waals surface area contributed by atoms with Crippen molar-refractivity contribution in [2.45, 2.75) is 31.7 Å². The fourth-order valence-corrected chi connectivity index (χ4v) is 3.94. The monoisotopic (exact) mass is 373 g/mol. The first-order valence-electron chi connectivity index (χ1n) is 9.06. The number of carbonyl (C=O) groups excluding carboxylic acids is 1. The van der Waals surface area contributed by atoms with Crippen LogP contribution in [-0.2, 0) is 4.74 Å². The maximum Gasteiger partial charge on any atom is 0.320 e. The Hall–Kier alpha value is -2.03. The molecule has 2 aliphatic rings. The fraction of sp³-hybridized carbons (Fsp3) is 0.500. The summed E-state index contributed by atoms with van der Waals surface area (Å²) in [6, 6.07) is 9.99. The predicted octanol–water partition coefficient (Wildman–Crippen LogP) is 3.94. The summed E-state index contributed by atoms with van der Waals surface area (Å²) < 4.78 is 5.25. The minimum absolute atomic E-state index is 0.105. The number of amides is 2. The molecule has 2 heterocycles. The molecule has 0 radical (unpaired) electrons. The Morgan fingerprint density at radius 2 is 1.96 bits per heavy atom. The number of urea groups is 1. The van der Waals surface area contributed by atoms with Crippen molar-refractivity contribution in [2.75, 3.05) is 33.4 Å². The zero-order valence-corrected chi connectivity index (χ0v) is 15.8. The molecule has 138 valence electrons. The normalized spacial score (nSPS) is 20.2. The number of hydrogen-bond acceptors (Lipinski definition) is 3. The highest BCUT2D eigenvalue weighted by Crippen LogP contribution is 2.28. The predicted molar refractivity (Wildman–Crippen MR) is 102 cm³/mol. The highest BCUT2D eigenvalue weighted by molar-refractivity contribution is 6.30. The van der Waals surface area contributed by atoms with Gasteiger partial charge in [0, 0.05) is 31.8 Å². The maximum absolute atomic E-state index is 12.8. The van der Waals surface area contributed by atoms with Crippen LogP contribution in [0.4, 0.5) is 4.79 Å². The standard InChI is InChI=1S/C20H24ClN3O2/c1-26-14-18-3-2-10-24(18)20(25)23-11-8-16(9-12-23)19(13-22)15-4-6-17(21)7-5-15/h4-7,18H,2-3,8-12,14H2,1H3. The van der Waals surface area contributed by atoms with Gasteiger partial charge in [0.05, 0.1) is 24.3 Å². The van der Waals surface area contributed by atoms with Gasteiger partial charge in [0.1, 0.15) is 0 Å². The SMILES string of the molecule is COCC1CCCN1C(=O)N1CCC(=C(C#N)c2ccc(Cl)cc2)CC1. The van der Waals surface area contributed by atoms with E-state index in [2.05, 4.69) is 6.07 Å². The molecule has 2 fully saturated rings. The number of likely N-dealkylation sites (tertiary alicyclic amines) is 2. The molecule has 5 nitrogen and oxygen atoms in total. The van der Waals surface area contributed by atoms with Crippen LogP contribution >= 0.6 is 11.6 Å². The van der Waals surface area contributed by atoms with E-state index in [1.165, 1.54) is 0 Å². The molecule has 0 saturated carbocycles. The summed E-state index contributed by atoms with van der Waals surface area (Å²) in [6.07, 6.45) is 3.52. The van der Waals surface area contributed by atoms with E-state index in [1.54, 1.807) is 19.2 Å². The van der Waals surface area contributed by atoms with Gasteiger partial charge < -0.3 is 14.5 Å². The van der Waals surface area contributed by atoms with Crippen LogP contribution in [0.2, 0.25) is 5.02 Å². The average Bonchev–Trinajstić information content (AvgIpc) is 3.12. The molecule has 6 heteroatoms. The molecule has 2 saturated heterocycles. The van der Waals surface area contributed by atoms with Crippen molar-refractivity contribution >= 4 is 23.2 Å². The molecule has 1 aromatic rings. The number of nitrogens with zero attached hydrogens (tertiary/aromatic N) is 3. The van der Waals surface area contributed by atoms with Gasteiger partial charge in [-0.3, -0.25) is 0 Å². The number of rotatable bonds is 3. The first-order chi connectivity index (χ1) is 12.6. The van der Waals surface area contributed by atoms with Gasteiger partial charge >= 0.3 is 6.03 Å². The summed E-state index contributed by atoms with van der Waals surface area (Å²) in [5, 5.41) is 10.3. The molecule has 26 heavy (non-hydrogen) atoms. The van der Waals surface area contributed by atoms with Crippen LogP contribution in [0.25, 0.3) is 5.57 Å². The summed E-state index contributed by atoms with van der Waals surface area (Å²) in [6.45, 7) is 2.71. The van der Waals surface area contributed by atoms with Crippen LogP contribution in [0.5, 0.6) is 0 Å². The number of carbonyl (C=O) groups is 1. The topological polar surface area (TPSA) is 56.6 Å². The quantitative estimate of drug-likeness (QED) is 0.754. The highest BCUT2D eigenvalue weighted by atomic mass is 35.5. The smallest absolute Gasteiger partial charge is 0.320 e. The molecule has 3 rings (SSSR count). The Morgan fingerprint density at radius 3 is 2.58 bits per heavy atom. The molecular formula is C20H24ClN3O2. The number of halogens is 1. The third kappa shape index (κ3) is 4.03. The third-order valence-corrected chi connectivity index (χ3v) is 5.47. The Balaban J connectivity index is 1.67. The van der Waals surface area contributed by atoms with Gasteiger partial charge in [0.15, 0.2) is 0 Å². The van der Waals surface area contributed by atoms with Crippen molar-refractivity contribution in [1.29, 1.82) is 5.26 Å². The molecule has 0 aromatic heterocycles. The van der Waals surface area contributed by atoms with Gasteiger partial charge in [-0.05, 0) is 49.0 Å². The van der Waals surface area contributed by atoms with Gasteiger partial charge in [0.25, 0.3) is 0 Å². The maximum atomic E-state index is 12.8. The van der Waals surface area contributed by atoms with Crippen molar-refractivity contribution in [1.82, 2.24) is 9.80 Å². The number of allylic oxidation sites excluding steroid dienone is 1. The van der Waals surface area contributed by atoms with E-state index < -0.39 is 0 Å². The van der Waals surface area contributed by atoms with Crippen molar-refractivity contribution in [2.24, 2.45) is 0 Å². The van der Waals surface area contributed by atoms with E-state index >= 15 is 0 Å². The van der Waals surface area contributed by atoms with Crippen LogP contribution in [0.1, 0.15) is 31.2 Å². The number of hydrogen-bond donors (Lipinski definition) is 0. The minimum atomic E-state index is 0.105. The van der Waals surface area contributed by atoms with Crippen molar-refractivity contribution in [3.05, 3.63) is 40.4 Å². The van der Waals surface area contributed by atoms with E-state index in [9.17, 15) is 10.1 Å². The molecule has 0 bridgehead atoms. The van der Waals surface area contributed by atoms with Gasteiger partial charge in [-0.15, -0.1) is 0 Å². The van der Waals surface area contributed by atoms with Gasteiger partial charge in [-0.2, -0.15) is 5.26 Å². The summed E-state index contributed by atoms with van der Waals surface area (Å²) in [4.78, 5) is 16.7. The number of piperidine rings is 1.